The predicted molar refractivity (Wildman–Crippen MR) is 76.9 cm³/mol. The number of aromatic nitrogens is 4. The minimum atomic E-state index is -1.54. The van der Waals surface area contributed by atoms with E-state index < -0.39 is 35.3 Å². The third-order valence-electron chi connectivity index (χ3n) is 2.37. The Morgan fingerprint density at radius 3 is 2.00 bits per heavy atom. The van der Waals surface area contributed by atoms with Crippen molar-refractivity contribution in [3.8, 4) is 0 Å². The molecular weight excluding hydrogens is 328 g/mol. The SMILES string of the molecule is O=C(O)c1nc(C(=O)O)c2[nH]c(C(=O)O)nc2n1.c1ccsc1. The number of nitrogens with zero attached hydrogens (tertiary/aromatic N) is 3. The molecule has 0 bridgehead atoms. The number of rotatable bonds is 3. The van der Waals surface area contributed by atoms with Gasteiger partial charge in [0.05, 0.1) is 0 Å². The lowest BCUT2D eigenvalue weighted by Gasteiger charge is -1.97. The molecule has 0 aliphatic rings. The summed E-state index contributed by atoms with van der Waals surface area (Å²) in [4.78, 5) is 44.6. The Hall–Kier alpha value is -3.34. The van der Waals surface area contributed by atoms with E-state index in [2.05, 4.69) is 19.9 Å². The molecule has 11 heteroatoms. The van der Waals surface area contributed by atoms with Crippen molar-refractivity contribution in [3.05, 3.63) is 40.2 Å². The Bertz CT molecular complexity index is 856. The third-order valence-corrected chi connectivity index (χ3v) is 3.00. The van der Waals surface area contributed by atoms with E-state index in [-0.39, 0.29) is 11.2 Å². The Morgan fingerprint density at radius 1 is 0.913 bits per heavy atom. The number of imidazole rings is 1. The number of hydrogen-bond donors (Lipinski definition) is 4. The zero-order chi connectivity index (χ0) is 17.0. The normalized spacial score (nSPS) is 9.91. The van der Waals surface area contributed by atoms with Gasteiger partial charge in [-0.2, -0.15) is 11.3 Å². The van der Waals surface area contributed by atoms with Crippen LogP contribution in [-0.2, 0) is 0 Å². The number of H-pyrrole nitrogens is 1. The fraction of sp³-hybridized carbons (Fsp3) is 0. The molecule has 0 amide bonds. The lowest BCUT2D eigenvalue weighted by Crippen LogP contribution is -2.10. The summed E-state index contributed by atoms with van der Waals surface area (Å²) >= 11 is 1.71. The van der Waals surface area contributed by atoms with Crippen molar-refractivity contribution in [2.24, 2.45) is 0 Å². The summed E-state index contributed by atoms with van der Waals surface area (Å²) < 4.78 is 0. The predicted octanol–water partition coefficient (Wildman–Crippen LogP) is 1.20. The molecule has 3 aromatic heterocycles. The van der Waals surface area contributed by atoms with Gasteiger partial charge in [-0.15, -0.1) is 0 Å². The summed E-state index contributed by atoms with van der Waals surface area (Å²) in [5, 5.41) is 30.3. The minimum absolute atomic E-state index is 0.245. The largest absolute Gasteiger partial charge is 0.476 e. The van der Waals surface area contributed by atoms with Crippen molar-refractivity contribution in [2.75, 3.05) is 0 Å². The van der Waals surface area contributed by atoms with Crippen LogP contribution in [0.15, 0.2) is 22.9 Å². The van der Waals surface area contributed by atoms with Gasteiger partial charge in [0.25, 0.3) is 0 Å². The zero-order valence-electron chi connectivity index (χ0n) is 11.1. The van der Waals surface area contributed by atoms with Gasteiger partial charge in [0.2, 0.25) is 11.6 Å². The maximum Gasteiger partial charge on any atom is 0.374 e. The molecular formula is C12H8N4O6S. The number of carboxylic acids is 3. The van der Waals surface area contributed by atoms with E-state index in [1.807, 2.05) is 22.9 Å². The van der Waals surface area contributed by atoms with Crippen LogP contribution in [0, 0.1) is 0 Å². The summed E-state index contributed by atoms with van der Waals surface area (Å²) in [6, 6.07) is 4.04. The highest BCUT2D eigenvalue weighted by atomic mass is 32.1. The Balaban J connectivity index is 0.000000326. The molecule has 0 saturated carbocycles. The molecule has 0 saturated heterocycles. The average Bonchev–Trinajstić information content (AvgIpc) is 3.18. The monoisotopic (exact) mass is 336 g/mol. The van der Waals surface area contributed by atoms with E-state index in [1.54, 1.807) is 11.3 Å². The third kappa shape index (κ3) is 3.65. The summed E-state index contributed by atoms with van der Waals surface area (Å²) in [6.07, 6.45) is 0. The van der Waals surface area contributed by atoms with Gasteiger partial charge in [0.1, 0.15) is 5.52 Å². The second-order valence-corrected chi connectivity index (χ2v) is 4.70. The van der Waals surface area contributed by atoms with Crippen LogP contribution in [0.3, 0.4) is 0 Å². The Labute approximate surface area is 131 Å². The first-order valence-electron chi connectivity index (χ1n) is 5.85. The molecule has 0 aliphatic carbocycles. The second-order valence-electron chi connectivity index (χ2n) is 3.89. The van der Waals surface area contributed by atoms with Crippen molar-refractivity contribution in [1.82, 2.24) is 19.9 Å². The summed E-state index contributed by atoms with van der Waals surface area (Å²) in [5.74, 6) is -5.82. The van der Waals surface area contributed by atoms with Crippen LogP contribution in [0.2, 0.25) is 0 Å². The second kappa shape index (κ2) is 6.62. The lowest BCUT2D eigenvalue weighted by atomic mass is 10.3. The first-order chi connectivity index (χ1) is 10.9. The molecule has 10 nitrogen and oxygen atoms in total. The number of aromatic amines is 1. The number of hydrogen-bond acceptors (Lipinski definition) is 7. The van der Waals surface area contributed by atoms with E-state index in [1.165, 1.54) is 0 Å². The van der Waals surface area contributed by atoms with Gasteiger partial charge in [-0.05, 0) is 10.8 Å². The fourth-order valence-electron chi connectivity index (χ4n) is 1.48. The Morgan fingerprint density at radius 2 is 1.57 bits per heavy atom. The number of aromatic carboxylic acids is 3. The highest BCUT2D eigenvalue weighted by Crippen LogP contribution is 2.14. The van der Waals surface area contributed by atoms with Gasteiger partial charge in [0, 0.05) is 0 Å². The van der Waals surface area contributed by atoms with E-state index in [0.717, 1.165) is 0 Å². The standard InChI is InChI=1S/C8H4N4O6.C4H4S/c13-6(14)2-1-3(11-4(9-1)7(15)16)12-5(10-2)8(17)18;1-2-4-5-3-1/h(H,13,14)(H,15,16)(H,17,18)(H,9,10,11,12);1-4H. The van der Waals surface area contributed by atoms with Gasteiger partial charge < -0.3 is 20.3 Å². The van der Waals surface area contributed by atoms with E-state index in [0.29, 0.717) is 0 Å². The van der Waals surface area contributed by atoms with Crippen LogP contribution in [0.4, 0.5) is 0 Å². The lowest BCUT2D eigenvalue weighted by molar-refractivity contribution is 0.0667. The number of nitrogens with one attached hydrogen (secondary N) is 1. The molecule has 0 radical (unpaired) electrons. The van der Waals surface area contributed by atoms with Gasteiger partial charge in [-0.3, -0.25) is 0 Å². The molecule has 3 heterocycles. The molecule has 118 valence electrons. The number of fused-ring (bicyclic) bond motifs is 1. The molecule has 0 aromatic carbocycles. The van der Waals surface area contributed by atoms with Crippen LogP contribution in [0.25, 0.3) is 11.2 Å². The minimum Gasteiger partial charge on any atom is -0.476 e. The first-order valence-corrected chi connectivity index (χ1v) is 6.79. The van der Waals surface area contributed by atoms with E-state index in [9.17, 15) is 14.4 Å². The van der Waals surface area contributed by atoms with E-state index in [4.69, 9.17) is 15.3 Å². The highest BCUT2D eigenvalue weighted by molar-refractivity contribution is 7.07. The number of carboxylic acid groups (broad SMARTS) is 3. The maximum atomic E-state index is 10.9. The fourth-order valence-corrected chi connectivity index (χ4v) is 1.93. The summed E-state index contributed by atoms with van der Waals surface area (Å²) in [5.41, 5.74) is -1.24. The van der Waals surface area contributed by atoms with Crippen LogP contribution < -0.4 is 0 Å². The van der Waals surface area contributed by atoms with Gasteiger partial charge in [-0.1, -0.05) is 12.1 Å². The average molecular weight is 336 g/mol. The first kappa shape index (κ1) is 16.0. The van der Waals surface area contributed by atoms with Crippen molar-refractivity contribution >= 4 is 40.4 Å². The number of thiophene rings is 1. The molecule has 0 unspecified atom stereocenters. The molecule has 0 atom stereocenters. The van der Waals surface area contributed by atoms with Crippen LogP contribution in [0.5, 0.6) is 0 Å². The molecule has 23 heavy (non-hydrogen) atoms. The molecule has 0 fully saturated rings. The smallest absolute Gasteiger partial charge is 0.374 e. The molecule has 0 spiro atoms. The van der Waals surface area contributed by atoms with Gasteiger partial charge in [-0.25, -0.2) is 29.3 Å². The quantitative estimate of drug-likeness (QED) is 0.549. The maximum absolute atomic E-state index is 10.9. The topological polar surface area (TPSA) is 166 Å². The molecule has 3 aromatic rings. The van der Waals surface area contributed by atoms with Gasteiger partial charge in [0.15, 0.2) is 11.3 Å². The van der Waals surface area contributed by atoms with Crippen LogP contribution in [0.1, 0.15) is 31.7 Å². The van der Waals surface area contributed by atoms with Crippen molar-refractivity contribution in [2.45, 2.75) is 0 Å². The van der Waals surface area contributed by atoms with Crippen molar-refractivity contribution in [1.29, 1.82) is 0 Å². The molecule has 4 N–H and O–H groups in total. The Kier molecular flexibility index (Phi) is 4.61. The molecule has 0 aliphatic heterocycles. The number of carbonyl (C=O) groups is 3. The van der Waals surface area contributed by atoms with E-state index >= 15 is 0 Å². The van der Waals surface area contributed by atoms with Crippen LogP contribution >= 0.6 is 11.3 Å². The summed E-state index contributed by atoms with van der Waals surface area (Å²) in [6.45, 7) is 0. The van der Waals surface area contributed by atoms with Crippen LogP contribution in [-0.4, -0.2) is 53.2 Å². The molecule has 3 rings (SSSR count). The van der Waals surface area contributed by atoms with Gasteiger partial charge >= 0.3 is 17.9 Å². The zero-order valence-corrected chi connectivity index (χ0v) is 11.9. The summed E-state index contributed by atoms with van der Waals surface area (Å²) in [7, 11) is 0. The highest BCUT2D eigenvalue weighted by Gasteiger charge is 2.22. The van der Waals surface area contributed by atoms with Crippen molar-refractivity contribution < 1.29 is 29.7 Å². The van der Waals surface area contributed by atoms with Crippen molar-refractivity contribution in [3.63, 3.8) is 0 Å².